The molecule has 0 saturated heterocycles. The molecule has 2 nitrogen and oxygen atoms in total. The summed E-state index contributed by atoms with van der Waals surface area (Å²) in [7, 11) is 0. The maximum absolute atomic E-state index is 2.45. The molecule has 11 rings (SSSR count). The third-order valence-electron chi connectivity index (χ3n) is 10.9. The lowest BCUT2D eigenvalue weighted by molar-refractivity contribution is 1.18. The van der Waals surface area contributed by atoms with E-state index in [1.54, 1.807) is 0 Å². The summed E-state index contributed by atoms with van der Waals surface area (Å²) in [5, 5.41) is 7.69. The summed E-state index contributed by atoms with van der Waals surface area (Å²) in [5.41, 5.74) is 14.5. The smallest absolute Gasteiger partial charge is 0.0562 e. The first-order valence-corrected chi connectivity index (χ1v) is 17.9. The summed E-state index contributed by atoms with van der Waals surface area (Å²) in [5.74, 6) is 0. The third kappa shape index (κ3) is 4.25. The van der Waals surface area contributed by atoms with Crippen molar-refractivity contribution in [2.24, 2.45) is 0 Å². The van der Waals surface area contributed by atoms with Crippen molar-refractivity contribution in [1.29, 1.82) is 0 Å². The summed E-state index contributed by atoms with van der Waals surface area (Å²) >= 11 is 0. The first kappa shape index (κ1) is 28.9. The molecule has 0 fully saturated rings. The molecule has 0 spiro atoms. The number of anilines is 3. The van der Waals surface area contributed by atoms with Gasteiger partial charge in [-0.15, -0.1) is 0 Å². The van der Waals surface area contributed by atoms with E-state index in [2.05, 4.69) is 204 Å². The van der Waals surface area contributed by atoms with Gasteiger partial charge in [-0.05, 0) is 104 Å². The van der Waals surface area contributed by atoms with E-state index in [9.17, 15) is 0 Å². The molecule has 0 saturated carbocycles. The summed E-state index contributed by atoms with van der Waals surface area (Å²) in [6.45, 7) is 0. The molecule has 0 bridgehead atoms. The Bertz CT molecular complexity index is 3010. The topological polar surface area (TPSA) is 8.17 Å². The maximum Gasteiger partial charge on any atom is 0.0562 e. The number of nitrogens with zero attached hydrogens (tertiary/aromatic N) is 2. The van der Waals surface area contributed by atoms with Crippen LogP contribution in [0.2, 0.25) is 0 Å². The van der Waals surface area contributed by atoms with Gasteiger partial charge in [0.15, 0.2) is 0 Å². The lowest BCUT2D eigenvalue weighted by Crippen LogP contribution is -2.10. The van der Waals surface area contributed by atoms with Gasteiger partial charge in [0.2, 0.25) is 0 Å². The molecule has 1 heterocycles. The van der Waals surface area contributed by atoms with Crippen molar-refractivity contribution >= 4 is 60.4 Å². The Morgan fingerprint density at radius 2 is 1.00 bits per heavy atom. The van der Waals surface area contributed by atoms with Gasteiger partial charge in [-0.25, -0.2) is 0 Å². The van der Waals surface area contributed by atoms with Gasteiger partial charge < -0.3 is 9.47 Å². The standard InChI is InChI=1S/C50H32N2/c1-3-14-33(15-4-1)39-20-9-11-24-46(39)52-47-25-12-10-22-42(47)43-29-27-38(32-48(43)52)51(36-18-5-2-6-19-36)37-26-28-41-44-23-13-17-35-30-34-16-7-8-21-40(34)50(49(35)44)45(41)31-37/h1-32H. The van der Waals surface area contributed by atoms with Crippen molar-refractivity contribution in [2.45, 2.75) is 0 Å². The second-order valence-corrected chi connectivity index (χ2v) is 13.7. The van der Waals surface area contributed by atoms with E-state index >= 15 is 0 Å². The molecule has 1 aliphatic rings. The van der Waals surface area contributed by atoms with Crippen molar-refractivity contribution in [3.8, 4) is 39.1 Å². The highest BCUT2D eigenvalue weighted by molar-refractivity contribution is 6.24. The Hall–Kier alpha value is -6.90. The lowest BCUT2D eigenvalue weighted by atomic mass is 9.95. The predicted molar refractivity (Wildman–Crippen MR) is 220 cm³/mol. The van der Waals surface area contributed by atoms with E-state index in [0.29, 0.717) is 0 Å². The minimum absolute atomic E-state index is 1.11. The molecule has 0 atom stereocenters. The van der Waals surface area contributed by atoms with Crippen LogP contribution in [0.4, 0.5) is 17.1 Å². The molecule has 0 amide bonds. The molecule has 0 N–H and O–H groups in total. The fourth-order valence-corrected chi connectivity index (χ4v) is 8.65. The van der Waals surface area contributed by atoms with Crippen LogP contribution in [-0.4, -0.2) is 4.57 Å². The zero-order valence-electron chi connectivity index (χ0n) is 28.4. The predicted octanol–water partition coefficient (Wildman–Crippen LogP) is 13.9. The van der Waals surface area contributed by atoms with E-state index < -0.39 is 0 Å². The van der Waals surface area contributed by atoms with Crippen LogP contribution in [0.15, 0.2) is 194 Å². The van der Waals surface area contributed by atoms with Gasteiger partial charge >= 0.3 is 0 Å². The van der Waals surface area contributed by atoms with Gasteiger partial charge in [-0.3, -0.25) is 0 Å². The van der Waals surface area contributed by atoms with Crippen molar-refractivity contribution in [2.75, 3.05) is 4.90 Å². The number of hydrogen-bond acceptors (Lipinski definition) is 1. The molecule has 1 aliphatic carbocycles. The van der Waals surface area contributed by atoms with Crippen LogP contribution in [0.25, 0.3) is 82.4 Å². The molecule has 242 valence electrons. The molecule has 0 radical (unpaired) electrons. The fourth-order valence-electron chi connectivity index (χ4n) is 8.65. The van der Waals surface area contributed by atoms with Gasteiger partial charge in [0, 0.05) is 33.4 Å². The van der Waals surface area contributed by atoms with Crippen molar-refractivity contribution in [1.82, 2.24) is 4.57 Å². The minimum Gasteiger partial charge on any atom is -0.310 e. The Morgan fingerprint density at radius 1 is 0.346 bits per heavy atom. The largest absolute Gasteiger partial charge is 0.310 e. The number of hydrogen-bond donors (Lipinski definition) is 0. The zero-order valence-corrected chi connectivity index (χ0v) is 28.4. The van der Waals surface area contributed by atoms with Crippen LogP contribution in [0.3, 0.4) is 0 Å². The van der Waals surface area contributed by atoms with E-state index in [-0.39, 0.29) is 0 Å². The van der Waals surface area contributed by atoms with Crippen molar-refractivity contribution in [3.63, 3.8) is 0 Å². The second-order valence-electron chi connectivity index (χ2n) is 13.7. The maximum atomic E-state index is 2.45. The average molecular weight is 661 g/mol. The van der Waals surface area contributed by atoms with E-state index in [4.69, 9.17) is 0 Å². The molecular weight excluding hydrogens is 629 g/mol. The van der Waals surface area contributed by atoms with E-state index in [0.717, 1.165) is 17.1 Å². The number of fused-ring (bicyclic) bond motifs is 8. The second kappa shape index (κ2) is 11.3. The summed E-state index contributed by atoms with van der Waals surface area (Å²) in [6.07, 6.45) is 0. The van der Waals surface area contributed by atoms with E-state index in [1.807, 2.05) is 0 Å². The van der Waals surface area contributed by atoms with Gasteiger partial charge in [-0.2, -0.15) is 0 Å². The van der Waals surface area contributed by atoms with Gasteiger partial charge in [0.1, 0.15) is 0 Å². The Kier molecular flexibility index (Phi) is 6.28. The lowest BCUT2D eigenvalue weighted by Gasteiger charge is -2.26. The van der Waals surface area contributed by atoms with Gasteiger partial charge in [0.05, 0.1) is 16.7 Å². The number of rotatable bonds is 5. The Morgan fingerprint density at radius 3 is 1.88 bits per heavy atom. The molecule has 0 unspecified atom stereocenters. The number of benzene rings is 9. The van der Waals surface area contributed by atoms with Crippen LogP contribution in [0, 0.1) is 0 Å². The van der Waals surface area contributed by atoms with Crippen LogP contribution in [0.1, 0.15) is 0 Å². The Balaban J connectivity index is 1.16. The van der Waals surface area contributed by atoms with Crippen LogP contribution in [-0.2, 0) is 0 Å². The molecule has 0 aliphatic heterocycles. The highest BCUT2D eigenvalue weighted by atomic mass is 15.1. The number of para-hydroxylation sites is 3. The third-order valence-corrected chi connectivity index (χ3v) is 10.9. The molecule has 10 aromatic rings. The quantitative estimate of drug-likeness (QED) is 0.167. The highest BCUT2D eigenvalue weighted by Crippen LogP contribution is 2.52. The normalized spacial score (nSPS) is 11.8. The first-order chi connectivity index (χ1) is 25.8. The molecule has 52 heavy (non-hydrogen) atoms. The molecule has 2 heteroatoms. The van der Waals surface area contributed by atoms with Crippen molar-refractivity contribution in [3.05, 3.63) is 194 Å². The first-order valence-electron chi connectivity index (χ1n) is 17.9. The highest BCUT2D eigenvalue weighted by Gasteiger charge is 2.26. The van der Waals surface area contributed by atoms with Gasteiger partial charge in [-0.1, -0.05) is 140 Å². The SMILES string of the molecule is c1ccc(-c2ccccc2-n2c3ccccc3c3ccc(N(c4ccccc4)c4ccc5c(c4)-c4c6ccccc6cc6cccc-5c46)cc32)cc1. The summed E-state index contributed by atoms with van der Waals surface area (Å²) < 4.78 is 2.45. The summed E-state index contributed by atoms with van der Waals surface area (Å²) in [4.78, 5) is 2.41. The zero-order chi connectivity index (χ0) is 34.2. The fraction of sp³-hybridized carbons (Fsp3) is 0. The Labute approximate surface area is 302 Å². The minimum atomic E-state index is 1.11. The molecule has 1 aromatic heterocycles. The average Bonchev–Trinajstić information content (AvgIpc) is 3.72. The summed E-state index contributed by atoms with van der Waals surface area (Å²) in [6, 6.07) is 70.9. The van der Waals surface area contributed by atoms with Crippen LogP contribution in [0.5, 0.6) is 0 Å². The van der Waals surface area contributed by atoms with Gasteiger partial charge in [0.25, 0.3) is 0 Å². The molecule has 9 aromatic carbocycles. The van der Waals surface area contributed by atoms with Crippen LogP contribution >= 0.6 is 0 Å². The van der Waals surface area contributed by atoms with E-state index in [1.165, 1.54) is 82.4 Å². The number of aromatic nitrogens is 1. The molecular formula is C50H32N2. The van der Waals surface area contributed by atoms with Crippen molar-refractivity contribution < 1.29 is 0 Å². The van der Waals surface area contributed by atoms with Crippen LogP contribution < -0.4 is 4.90 Å². The monoisotopic (exact) mass is 660 g/mol.